The van der Waals surface area contributed by atoms with Crippen molar-refractivity contribution in [3.8, 4) is 0 Å². The third kappa shape index (κ3) is 1.65. The molecule has 5 rings (SSSR count). The second-order valence-corrected chi connectivity index (χ2v) is 7.28. The van der Waals surface area contributed by atoms with Gasteiger partial charge in [0, 0.05) is 12.6 Å². The van der Waals surface area contributed by atoms with Crippen LogP contribution in [0.25, 0.3) is 0 Å². The molecule has 4 nitrogen and oxygen atoms in total. The standard InChI is InChI=1S/C15H21NO3/c17-13(15(1-2-15)14(18)19)16-8-11-4-9-3-10(5-11)7-12(16)6-9/h9-12H,1-8H2,(H,18,19). The molecule has 0 aromatic heterocycles. The van der Waals surface area contributed by atoms with Crippen molar-refractivity contribution in [3.63, 3.8) is 0 Å². The van der Waals surface area contributed by atoms with Crippen LogP contribution < -0.4 is 0 Å². The van der Waals surface area contributed by atoms with Crippen LogP contribution in [0.4, 0.5) is 0 Å². The molecule has 0 radical (unpaired) electrons. The first kappa shape index (κ1) is 11.7. The summed E-state index contributed by atoms with van der Waals surface area (Å²) < 4.78 is 0. The average Bonchev–Trinajstić information content (AvgIpc) is 3.15. The van der Waals surface area contributed by atoms with Gasteiger partial charge in [0.05, 0.1) is 0 Å². The van der Waals surface area contributed by atoms with Crippen LogP contribution in [0.5, 0.6) is 0 Å². The van der Waals surface area contributed by atoms with Crippen LogP contribution in [0.2, 0.25) is 0 Å². The number of hydrogen-bond acceptors (Lipinski definition) is 2. The maximum Gasteiger partial charge on any atom is 0.319 e. The highest BCUT2D eigenvalue weighted by molar-refractivity contribution is 6.05. The fourth-order valence-corrected chi connectivity index (χ4v) is 4.95. The lowest BCUT2D eigenvalue weighted by Crippen LogP contribution is -2.47. The molecule has 0 aromatic rings. The summed E-state index contributed by atoms with van der Waals surface area (Å²) in [6, 6.07) is 0.334. The van der Waals surface area contributed by atoms with Gasteiger partial charge in [0.15, 0.2) is 0 Å². The van der Waals surface area contributed by atoms with Crippen molar-refractivity contribution in [1.82, 2.24) is 4.90 Å². The Kier molecular flexibility index (Phi) is 2.31. The summed E-state index contributed by atoms with van der Waals surface area (Å²) in [5, 5.41) is 9.33. The van der Waals surface area contributed by atoms with Crippen molar-refractivity contribution in [1.29, 1.82) is 0 Å². The second kappa shape index (κ2) is 3.74. The van der Waals surface area contributed by atoms with Gasteiger partial charge in [0.25, 0.3) is 0 Å². The van der Waals surface area contributed by atoms with Gasteiger partial charge < -0.3 is 10.0 Å². The van der Waals surface area contributed by atoms with Crippen LogP contribution in [0, 0.1) is 23.2 Å². The van der Waals surface area contributed by atoms with Crippen molar-refractivity contribution < 1.29 is 14.7 Å². The molecule has 4 bridgehead atoms. The molecule has 104 valence electrons. The van der Waals surface area contributed by atoms with Crippen molar-refractivity contribution >= 4 is 11.9 Å². The van der Waals surface area contributed by atoms with Gasteiger partial charge in [0.2, 0.25) is 5.91 Å². The van der Waals surface area contributed by atoms with E-state index in [-0.39, 0.29) is 5.91 Å². The zero-order valence-corrected chi connectivity index (χ0v) is 11.2. The van der Waals surface area contributed by atoms with Gasteiger partial charge >= 0.3 is 5.97 Å². The van der Waals surface area contributed by atoms with Gasteiger partial charge in [0.1, 0.15) is 5.41 Å². The smallest absolute Gasteiger partial charge is 0.319 e. The molecule has 19 heavy (non-hydrogen) atoms. The molecule has 2 saturated heterocycles. The number of carbonyl (C=O) groups excluding carboxylic acids is 1. The van der Waals surface area contributed by atoms with Gasteiger partial charge in [-0.1, -0.05) is 0 Å². The minimum absolute atomic E-state index is 0.0711. The molecular formula is C15H21NO3. The van der Waals surface area contributed by atoms with E-state index in [4.69, 9.17) is 0 Å². The molecule has 0 aromatic carbocycles. The highest BCUT2D eigenvalue weighted by atomic mass is 16.4. The molecule has 4 heteroatoms. The van der Waals surface area contributed by atoms with Gasteiger partial charge in [-0.25, -0.2) is 0 Å². The Bertz CT molecular complexity index is 429. The first-order chi connectivity index (χ1) is 9.08. The van der Waals surface area contributed by atoms with Gasteiger partial charge in [-0.2, -0.15) is 0 Å². The molecular weight excluding hydrogens is 242 g/mol. The number of fused-ring (bicyclic) bond motifs is 1. The monoisotopic (exact) mass is 263 g/mol. The topological polar surface area (TPSA) is 57.6 Å². The van der Waals surface area contributed by atoms with Crippen LogP contribution in [0.15, 0.2) is 0 Å². The minimum atomic E-state index is -1.04. The van der Waals surface area contributed by atoms with E-state index in [9.17, 15) is 14.7 Å². The summed E-state index contributed by atoms with van der Waals surface area (Å²) in [5.41, 5.74) is -1.04. The van der Waals surface area contributed by atoms with Gasteiger partial charge in [-0.05, 0) is 62.7 Å². The molecule has 2 aliphatic heterocycles. The maximum atomic E-state index is 12.7. The zero-order valence-electron chi connectivity index (χ0n) is 11.2. The van der Waals surface area contributed by atoms with Crippen molar-refractivity contribution in [2.75, 3.05) is 6.54 Å². The van der Waals surface area contributed by atoms with Crippen LogP contribution in [0.1, 0.15) is 44.9 Å². The van der Waals surface area contributed by atoms with E-state index in [0.29, 0.717) is 24.8 Å². The highest BCUT2D eigenvalue weighted by Crippen LogP contribution is 2.52. The normalized spacial score (nSPS) is 42.0. The van der Waals surface area contributed by atoms with Crippen molar-refractivity contribution in [2.45, 2.75) is 51.0 Å². The Morgan fingerprint density at radius 1 is 0.947 bits per heavy atom. The third-order valence-corrected chi connectivity index (χ3v) is 5.94. The molecule has 2 unspecified atom stereocenters. The fraction of sp³-hybridized carbons (Fsp3) is 0.867. The number of carbonyl (C=O) groups is 2. The Morgan fingerprint density at radius 3 is 2.05 bits per heavy atom. The third-order valence-electron chi connectivity index (χ3n) is 5.94. The lowest BCUT2D eigenvalue weighted by molar-refractivity contribution is -0.154. The first-order valence-corrected chi connectivity index (χ1v) is 7.63. The number of carboxylic acids is 1. The lowest BCUT2D eigenvalue weighted by atomic mass is 9.68. The summed E-state index contributed by atoms with van der Waals surface area (Å²) in [4.78, 5) is 26.0. The van der Waals surface area contributed by atoms with E-state index < -0.39 is 11.4 Å². The Morgan fingerprint density at radius 2 is 1.53 bits per heavy atom. The number of hydrogen-bond donors (Lipinski definition) is 1. The fourth-order valence-electron chi connectivity index (χ4n) is 4.95. The van der Waals surface area contributed by atoms with E-state index in [0.717, 1.165) is 31.2 Å². The summed E-state index contributed by atoms with van der Waals surface area (Å²) in [5.74, 6) is 1.24. The molecule has 3 saturated carbocycles. The SMILES string of the molecule is O=C(O)C1(C(=O)N2CC3CC4CC(C3)CC2C4)CC1. The number of carboxylic acid groups (broad SMARTS) is 1. The number of aliphatic carboxylic acids is 1. The van der Waals surface area contributed by atoms with E-state index in [1.165, 1.54) is 19.3 Å². The quantitative estimate of drug-likeness (QED) is 0.774. The highest BCUT2D eigenvalue weighted by Gasteiger charge is 2.60. The molecule has 5 fully saturated rings. The molecule has 2 heterocycles. The minimum Gasteiger partial charge on any atom is -0.480 e. The molecule has 1 amide bonds. The summed E-state index contributed by atoms with van der Waals surface area (Å²) in [6.45, 7) is 0.825. The summed E-state index contributed by atoms with van der Waals surface area (Å²) in [7, 11) is 0. The van der Waals surface area contributed by atoms with E-state index in [1.54, 1.807) is 0 Å². The number of nitrogens with zero attached hydrogens (tertiary/aromatic N) is 1. The van der Waals surface area contributed by atoms with E-state index in [1.807, 2.05) is 4.90 Å². The summed E-state index contributed by atoms with van der Waals surface area (Å²) in [6.07, 6.45) is 7.19. The van der Waals surface area contributed by atoms with E-state index in [2.05, 4.69) is 0 Å². The Balaban J connectivity index is 1.62. The van der Waals surface area contributed by atoms with Crippen molar-refractivity contribution in [3.05, 3.63) is 0 Å². The Labute approximate surface area is 113 Å². The van der Waals surface area contributed by atoms with E-state index >= 15 is 0 Å². The molecule has 0 spiro atoms. The molecule has 5 aliphatic rings. The van der Waals surface area contributed by atoms with Gasteiger partial charge in [-0.15, -0.1) is 0 Å². The first-order valence-electron chi connectivity index (χ1n) is 7.63. The number of rotatable bonds is 2. The molecule has 2 atom stereocenters. The zero-order chi connectivity index (χ0) is 13.2. The van der Waals surface area contributed by atoms with Crippen molar-refractivity contribution in [2.24, 2.45) is 23.2 Å². The van der Waals surface area contributed by atoms with Gasteiger partial charge in [-0.3, -0.25) is 9.59 Å². The van der Waals surface area contributed by atoms with Crippen LogP contribution in [-0.2, 0) is 9.59 Å². The molecule has 3 aliphatic carbocycles. The summed E-state index contributed by atoms with van der Waals surface area (Å²) >= 11 is 0. The number of amides is 1. The van der Waals surface area contributed by atoms with Crippen LogP contribution in [-0.4, -0.2) is 34.5 Å². The molecule has 1 N–H and O–H groups in total. The van der Waals surface area contributed by atoms with Crippen LogP contribution in [0.3, 0.4) is 0 Å². The van der Waals surface area contributed by atoms with Crippen LogP contribution >= 0.6 is 0 Å². The largest absolute Gasteiger partial charge is 0.480 e. The predicted octanol–water partition coefficient (Wildman–Crippen LogP) is 1.89. The maximum absolute atomic E-state index is 12.7. The second-order valence-electron chi connectivity index (χ2n) is 7.28. The average molecular weight is 263 g/mol. The lowest BCUT2D eigenvalue weighted by Gasteiger charge is -2.39. The Hall–Kier alpha value is -1.06. The predicted molar refractivity (Wildman–Crippen MR) is 68.4 cm³/mol.